The van der Waals surface area contributed by atoms with Gasteiger partial charge in [0.15, 0.2) is 0 Å². The number of pyridine rings is 1. The molecule has 110 valence electrons. The number of hydrogen-bond acceptors (Lipinski definition) is 3. The summed E-state index contributed by atoms with van der Waals surface area (Å²) in [4.78, 5) is 6.48. The molecule has 0 aliphatic carbocycles. The minimum absolute atomic E-state index is 1.02. The predicted octanol–water partition coefficient (Wildman–Crippen LogP) is 3.11. The van der Waals surface area contributed by atoms with Crippen molar-refractivity contribution < 1.29 is 0 Å². The van der Waals surface area contributed by atoms with Crippen molar-refractivity contribution in [1.29, 1.82) is 0 Å². The van der Waals surface area contributed by atoms with E-state index in [9.17, 15) is 0 Å². The van der Waals surface area contributed by atoms with E-state index in [1.807, 2.05) is 12.4 Å². The summed E-state index contributed by atoms with van der Waals surface area (Å²) in [5, 5.41) is 3.51. The van der Waals surface area contributed by atoms with Gasteiger partial charge in [0.05, 0.1) is 0 Å². The monoisotopic (exact) mass is 281 g/mol. The van der Waals surface area contributed by atoms with Gasteiger partial charge in [-0.05, 0) is 61.2 Å². The fourth-order valence-corrected chi connectivity index (χ4v) is 2.97. The zero-order valence-corrected chi connectivity index (χ0v) is 12.7. The number of likely N-dealkylation sites (N-methyl/N-ethyl adjacent to an activating group) is 1. The average Bonchev–Trinajstić information content (AvgIpc) is 2.54. The van der Waals surface area contributed by atoms with Crippen LogP contribution in [0.1, 0.15) is 23.1 Å². The number of rotatable bonds is 5. The number of fused-ring (bicyclic) bond motifs is 1. The third-order valence-corrected chi connectivity index (χ3v) is 4.16. The van der Waals surface area contributed by atoms with E-state index in [0.717, 1.165) is 26.1 Å². The molecule has 1 aliphatic rings. The molecule has 0 atom stereocenters. The first-order chi connectivity index (χ1) is 10.3. The van der Waals surface area contributed by atoms with Crippen LogP contribution in [-0.4, -0.2) is 30.0 Å². The normalized spacial score (nSPS) is 13.8. The third-order valence-electron chi connectivity index (χ3n) is 4.16. The Morgan fingerprint density at radius 3 is 2.90 bits per heavy atom. The van der Waals surface area contributed by atoms with Gasteiger partial charge in [0.25, 0.3) is 0 Å². The van der Waals surface area contributed by atoms with Crippen molar-refractivity contribution in [2.45, 2.75) is 25.8 Å². The van der Waals surface area contributed by atoms with E-state index in [1.54, 1.807) is 0 Å². The zero-order chi connectivity index (χ0) is 14.5. The van der Waals surface area contributed by atoms with Gasteiger partial charge >= 0.3 is 0 Å². The first-order valence-corrected chi connectivity index (χ1v) is 7.75. The molecule has 3 nitrogen and oxygen atoms in total. The van der Waals surface area contributed by atoms with Gasteiger partial charge in [-0.25, -0.2) is 0 Å². The molecule has 3 rings (SSSR count). The third kappa shape index (κ3) is 3.61. The molecular formula is C18H23N3. The molecule has 1 aromatic carbocycles. The average molecular weight is 281 g/mol. The Hall–Kier alpha value is -1.87. The summed E-state index contributed by atoms with van der Waals surface area (Å²) < 4.78 is 0. The summed E-state index contributed by atoms with van der Waals surface area (Å²) in [5.74, 6) is 0. The van der Waals surface area contributed by atoms with Crippen LogP contribution in [0.25, 0.3) is 0 Å². The van der Waals surface area contributed by atoms with Crippen molar-refractivity contribution in [2.75, 3.05) is 25.5 Å². The molecule has 0 fully saturated rings. The van der Waals surface area contributed by atoms with E-state index in [0.29, 0.717) is 0 Å². The molecule has 0 bridgehead atoms. The van der Waals surface area contributed by atoms with E-state index in [4.69, 9.17) is 0 Å². The molecular weight excluding hydrogens is 258 g/mol. The molecule has 2 aromatic rings. The Balaban J connectivity index is 1.61. The van der Waals surface area contributed by atoms with Crippen LogP contribution < -0.4 is 5.32 Å². The highest BCUT2D eigenvalue weighted by atomic mass is 15.1. The van der Waals surface area contributed by atoms with Crippen LogP contribution >= 0.6 is 0 Å². The summed E-state index contributed by atoms with van der Waals surface area (Å²) in [6.45, 7) is 3.20. The van der Waals surface area contributed by atoms with Crippen molar-refractivity contribution >= 4 is 5.69 Å². The van der Waals surface area contributed by atoms with E-state index in [1.165, 1.54) is 35.2 Å². The van der Waals surface area contributed by atoms with Crippen LogP contribution in [-0.2, 0) is 19.4 Å². The second-order valence-electron chi connectivity index (χ2n) is 5.82. The summed E-state index contributed by atoms with van der Waals surface area (Å²) in [6, 6.07) is 10.8. The molecule has 1 aliphatic heterocycles. The van der Waals surface area contributed by atoms with Crippen LogP contribution in [0, 0.1) is 0 Å². The Bertz CT molecular complexity index is 580. The largest absolute Gasteiger partial charge is 0.385 e. The summed E-state index contributed by atoms with van der Waals surface area (Å²) in [6.07, 6.45) is 7.26. The maximum atomic E-state index is 4.07. The molecule has 1 aromatic heterocycles. The number of anilines is 1. The molecule has 0 radical (unpaired) electrons. The lowest BCUT2D eigenvalue weighted by atomic mass is 9.97. The fourth-order valence-electron chi connectivity index (χ4n) is 2.97. The molecule has 2 heterocycles. The SMILES string of the molecule is CN(CCc1ccncc1)Cc1cccc2c1CCCN2. The number of nitrogens with one attached hydrogen (secondary N) is 1. The molecule has 0 saturated carbocycles. The van der Waals surface area contributed by atoms with Crippen molar-refractivity contribution in [2.24, 2.45) is 0 Å². The smallest absolute Gasteiger partial charge is 0.0375 e. The molecule has 0 amide bonds. The van der Waals surface area contributed by atoms with Gasteiger partial charge in [0.2, 0.25) is 0 Å². The van der Waals surface area contributed by atoms with Crippen LogP contribution in [0.3, 0.4) is 0 Å². The predicted molar refractivity (Wildman–Crippen MR) is 87.5 cm³/mol. The second kappa shape index (κ2) is 6.72. The molecule has 0 saturated heterocycles. The Morgan fingerprint density at radius 2 is 2.05 bits per heavy atom. The summed E-state index contributed by atoms with van der Waals surface area (Å²) in [5.41, 5.74) is 5.67. The highest BCUT2D eigenvalue weighted by Gasteiger charge is 2.13. The highest BCUT2D eigenvalue weighted by molar-refractivity contribution is 5.56. The second-order valence-corrected chi connectivity index (χ2v) is 5.82. The maximum absolute atomic E-state index is 4.07. The lowest BCUT2D eigenvalue weighted by Crippen LogP contribution is -2.23. The van der Waals surface area contributed by atoms with Gasteiger partial charge in [-0.3, -0.25) is 4.98 Å². The van der Waals surface area contributed by atoms with Crippen LogP contribution in [0.5, 0.6) is 0 Å². The summed E-state index contributed by atoms with van der Waals surface area (Å²) in [7, 11) is 2.21. The van der Waals surface area contributed by atoms with Crippen LogP contribution in [0.15, 0.2) is 42.7 Å². The lowest BCUT2D eigenvalue weighted by molar-refractivity contribution is 0.330. The quantitative estimate of drug-likeness (QED) is 0.912. The van der Waals surface area contributed by atoms with E-state index in [-0.39, 0.29) is 0 Å². The van der Waals surface area contributed by atoms with Gasteiger partial charge in [0, 0.05) is 37.7 Å². The highest BCUT2D eigenvalue weighted by Crippen LogP contribution is 2.26. The van der Waals surface area contributed by atoms with Gasteiger partial charge in [-0.15, -0.1) is 0 Å². The molecule has 0 unspecified atom stereocenters. The first-order valence-electron chi connectivity index (χ1n) is 7.75. The Morgan fingerprint density at radius 1 is 1.19 bits per heavy atom. The van der Waals surface area contributed by atoms with Gasteiger partial charge in [0.1, 0.15) is 0 Å². The van der Waals surface area contributed by atoms with Crippen LogP contribution in [0.4, 0.5) is 5.69 Å². The minimum atomic E-state index is 1.02. The maximum Gasteiger partial charge on any atom is 0.0375 e. The molecule has 21 heavy (non-hydrogen) atoms. The molecule has 3 heteroatoms. The Kier molecular flexibility index (Phi) is 4.51. The first kappa shape index (κ1) is 14.1. The van der Waals surface area contributed by atoms with E-state index < -0.39 is 0 Å². The zero-order valence-electron chi connectivity index (χ0n) is 12.7. The fraction of sp³-hybridized carbons (Fsp3) is 0.389. The Labute approximate surface area is 127 Å². The minimum Gasteiger partial charge on any atom is -0.385 e. The van der Waals surface area contributed by atoms with Crippen molar-refractivity contribution in [3.05, 3.63) is 59.4 Å². The molecule has 0 spiro atoms. The molecule has 1 N–H and O–H groups in total. The van der Waals surface area contributed by atoms with Crippen LogP contribution in [0.2, 0.25) is 0 Å². The number of nitrogens with zero attached hydrogens (tertiary/aromatic N) is 2. The number of benzene rings is 1. The lowest BCUT2D eigenvalue weighted by Gasteiger charge is -2.24. The number of aromatic nitrogens is 1. The van der Waals surface area contributed by atoms with Gasteiger partial charge in [-0.2, -0.15) is 0 Å². The van der Waals surface area contributed by atoms with Gasteiger partial charge in [-0.1, -0.05) is 12.1 Å². The van der Waals surface area contributed by atoms with Crippen molar-refractivity contribution in [1.82, 2.24) is 9.88 Å². The van der Waals surface area contributed by atoms with E-state index >= 15 is 0 Å². The number of hydrogen-bond donors (Lipinski definition) is 1. The van der Waals surface area contributed by atoms with Crippen molar-refractivity contribution in [3.8, 4) is 0 Å². The van der Waals surface area contributed by atoms with E-state index in [2.05, 4.69) is 52.6 Å². The standard InChI is InChI=1S/C18H23N3/c1-21(13-9-15-7-11-19-12-8-15)14-16-4-2-6-18-17(16)5-3-10-20-18/h2,4,6-8,11-12,20H,3,5,9-10,13-14H2,1H3. The van der Waals surface area contributed by atoms with Crippen molar-refractivity contribution in [3.63, 3.8) is 0 Å². The van der Waals surface area contributed by atoms with Gasteiger partial charge < -0.3 is 10.2 Å². The topological polar surface area (TPSA) is 28.2 Å². The summed E-state index contributed by atoms with van der Waals surface area (Å²) >= 11 is 0.